The average Bonchev–Trinajstić information content (AvgIpc) is 2.54. The number of para-hydroxylation sites is 1. The number of rotatable bonds is 8. The van der Waals surface area contributed by atoms with E-state index in [4.69, 9.17) is 16.3 Å². The number of aryl methyl sites for hydroxylation is 2. The molecule has 0 aliphatic rings. The molecule has 2 aromatic rings. The molecule has 2 rings (SSSR count). The van der Waals surface area contributed by atoms with Crippen LogP contribution in [0.3, 0.4) is 0 Å². The Morgan fingerprint density at radius 1 is 1.17 bits per heavy atom. The van der Waals surface area contributed by atoms with Crippen molar-refractivity contribution in [3.63, 3.8) is 0 Å². The van der Waals surface area contributed by atoms with Gasteiger partial charge in [0.05, 0.1) is 12.2 Å². The topological polar surface area (TPSA) is 58.6 Å². The van der Waals surface area contributed by atoms with Crippen LogP contribution in [-0.2, 0) is 0 Å². The number of nitrogens with one attached hydrogen (secondary N) is 1. The maximum Gasteiger partial charge on any atom is 0.337 e. The first-order valence-corrected chi connectivity index (χ1v) is 8.32. The van der Waals surface area contributed by atoms with Crippen molar-refractivity contribution in [3.05, 3.63) is 58.1 Å². The van der Waals surface area contributed by atoms with E-state index in [2.05, 4.69) is 5.32 Å². The van der Waals surface area contributed by atoms with Gasteiger partial charge in [-0.3, -0.25) is 0 Å². The van der Waals surface area contributed by atoms with E-state index < -0.39 is 5.97 Å². The third-order valence-corrected chi connectivity index (χ3v) is 3.99. The van der Waals surface area contributed by atoms with Gasteiger partial charge in [0.1, 0.15) is 5.75 Å². The van der Waals surface area contributed by atoms with Crippen LogP contribution in [0.25, 0.3) is 0 Å². The summed E-state index contributed by atoms with van der Waals surface area (Å²) < 4.78 is 5.86. The highest BCUT2D eigenvalue weighted by atomic mass is 35.5. The molecule has 0 aliphatic carbocycles. The molecule has 0 spiro atoms. The smallest absolute Gasteiger partial charge is 0.337 e. The number of carbonyl (C=O) groups is 1. The maximum absolute atomic E-state index is 11.2. The molecule has 0 bridgehead atoms. The first-order chi connectivity index (χ1) is 11.5. The monoisotopic (exact) mass is 347 g/mol. The van der Waals surface area contributed by atoms with E-state index in [9.17, 15) is 9.90 Å². The van der Waals surface area contributed by atoms with Crippen LogP contribution in [0.15, 0.2) is 36.4 Å². The van der Waals surface area contributed by atoms with Crippen LogP contribution < -0.4 is 10.1 Å². The molecule has 4 nitrogen and oxygen atoms in total. The van der Waals surface area contributed by atoms with E-state index in [0.717, 1.165) is 29.7 Å². The van der Waals surface area contributed by atoms with Gasteiger partial charge in [0.2, 0.25) is 0 Å². The van der Waals surface area contributed by atoms with Crippen molar-refractivity contribution >= 4 is 23.3 Å². The van der Waals surface area contributed by atoms with E-state index in [1.165, 1.54) is 6.07 Å². The molecule has 0 saturated carbocycles. The average molecular weight is 348 g/mol. The standard InChI is InChI=1S/C19H22ClNO3/c1-13-6-5-7-14(2)18(13)24-11-4-3-10-21-17-9-8-15(20)12-16(17)19(22)23/h5-9,12,21H,3-4,10-11H2,1-2H3,(H,22,23). The number of carboxylic acids is 1. The van der Waals surface area contributed by atoms with E-state index in [1.54, 1.807) is 12.1 Å². The Hall–Kier alpha value is -2.20. The van der Waals surface area contributed by atoms with Crippen molar-refractivity contribution < 1.29 is 14.6 Å². The zero-order chi connectivity index (χ0) is 17.5. The maximum atomic E-state index is 11.2. The number of halogens is 1. The summed E-state index contributed by atoms with van der Waals surface area (Å²) in [6.45, 7) is 5.40. The summed E-state index contributed by atoms with van der Waals surface area (Å²) in [6.07, 6.45) is 1.77. The molecule has 128 valence electrons. The van der Waals surface area contributed by atoms with E-state index >= 15 is 0 Å². The summed E-state index contributed by atoms with van der Waals surface area (Å²) in [5, 5.41) is 12.8. The second kappa shape index (κ2) is 8.60. The minimum Gasteiger partial charge on any atom is -0.493 e. The number of hydrogen-bond donors (Lipinski definition) is 2. The fraction of sp³-hybridized carbons (Fsp3) is 0.316. The summed E-state index contributed by atoms with van der Waals surface area (Å²) in [7, 11) is 0. The number of unbranched alkanes of at least 4 members (excludes halogenated alkanes) is 1. The van der Waals surface area contributed by atoms with Crippen molar-refractivity contribution in [2.45, 2.75) is 26.7 Å². The van der Waals surface area contributed by atoms with Gasteiger partial charge >= 0.3 is 5.97 Å². The first kappa shape index (κ1) is 18.1. The highest BCUT2D eigenvalue weighted by molar-refractivity contribution is 6.31. The predicted molar refractivity (Wildman–Crippen MR) is 97.5 cm³/mol. The minimum absolute atomic E-state index is 0.189. The van der Waals surface area contributed by atoms with Gasteiger partial charge in [0.15, 0.2) is 0 Å². The number of anilines is 1. The van der Waals surface area contributed by atoms with Gasteiger partial charge in [-0.25, -0.2) is 4.79 Å². The molecule has 0 heterocycles. The lowest BCUT2D eigenvalue weighted by Gasteiger charge is -2.12. The van der Waals surface area contributed by atoms with Gasteiger partial charge in [-0.1, -0.05) is 29.8 Å². The molecule has 0 unspecified atom stereocenters. The first-order valence-electron chi connectivity index (χ1n) is 7.95. The van der Waals surface area contributed by atoms with Crippen LogP contribution in [-0.4, -0.2) is 24.2 Å². The van der Waals surface area contributed by atoms with Crippen LogP contribution in [0.4, 0.5) is 5.69 Å². The van der Waals surface area contributed by atoms with Crippen LogP contribution >= 0.6 is 11.6 Å². The normalized spacial score (nSPS) is 10.5. The van der Waals surface area contributed by atoms with E-state index in [0.29, 0.717) is 23.9 Å². The van der Waals surface area contributed by atoms with Crippen LogP contribution in [0.2, 0.25) is 5.02 Å². The lowest BCUT2D eigenvalue weighted by atomic mass is 10.1. The van der Waals surface area contributed by atoms with Gasteiger partial charge in [0.25, 0.3) is 0 Å². The van der Waals surface area contributed by atoms with Gasteiger partial charge in [-0.15, -0.1) is 0 Å². The van der Waals surface area contributed by atoms with Crippen molar-refractivity contribution in [1.82, 2.24) is 0 Å². The zero-order valence-corrected chi connectivity index (χ0v) is 14.7. The van der Waals surface area contributed by atoms with E-state index in [-0.39, 0.29) is 5.56 Å². The third kappa shape index (κ3) is 4.90. The SMILES string of the molecule is Cc1cccc(C)c1OCCCCNc1ccc(Cl)cc1C(=O)O. The number of hydrogen-bond acceptors (Lipinski definition) is 3. The largest absolute Gasteiger partial charge is 0.493 e. The number of carboxylic acid groups (broad SMARTS) is 1. The lowest BCUT2D eigenvalue weighted by molar-refractivity contribution is 0.0698. The minimum atomic E-state index is -0.988. The van der Waals surface area contributed by atoms with Crippen LogP contribution in [0, 0.1) is 13.8 Å². The molecule has 2 aromatic carbocycles. The third-order valence-electron chi connectivity index (χ3n) is 3.75. The Morgan fingerprint density at radius 3 is 2.54 bits per heavy atom. The summed E-state index contributed by atoms with van der Waals surface area (Å²) in [5.41, 5.74) is 3.05. The predicted octanol–water partition coefficient (Wildman–Crippen LogP) is 4.93. The highest BCUT2D eigenvalue weighted by Crippen LogP contribution is 2.23. The molecule has 24 heavy (non-hydrogen) atoms. The van der Waals surface area contributed by atoms with Crippen molar-refractivity contribution in [2.75, 3.05) is 18.5 Å². The Labute approximate surface area is 147 Å². The molecular weight excluding hydrogens is 326 g/mol. The van der Waals surface area contributed by atoms with Crippen molar-refractivity contribution in [1.29, 1.82) is 0 Å². The van der Waals surface area contributed by atoms with Gasteiger partial charge in [-0.2, -0.15) is 0 Å². The van der Waals surface area contributed by atoms with Crippen molar-refractivity contribution in [2.24, 2.45) is 0 Å². The fourth-order valence-corrected chi connectivity index (χ4v) is 2.67. The fourth-order valence-electron chi connectivity index (χ4n) is 2.50. The second-order valence-corrected chi connectivity index (χ2v) is 6.13. The van der Waals surface area contributed by atoms with Crippen LogP contribution in [0.1, 0.15) is 34.3 Å². The van der Waals surface area contributed by atoms with Crippen LogP contribution in [0.5, 0.6) is 5.75 Å². The summed E-state index contributed by atoms with van der Waals surface area (Å²) in [6, 6.07) is 10.9. The highest BCUT2D eigenvalue weighted by Gasteiger charge is 2.10. The van der Waals surface area contributed by atoms with E-state index in [1.807, 2.05) is 32.0 Å². The Balaban J connectivity index is 1.77. The Kier molecular flexibility index (Phi) is 6.50. The van der Waals surface area contributed by atoms with Gasteiger partial charge < -0.3 is 15.2 Å². The zero-order valence-electron chi connectivity index (χ0n) is 13.9. The summed E-state index contributed by atoms with van der Waals surface area (Å²) in [5.74, 6) is -0.0327. The summed E-state index contributed by atoms with van der Waals surface area (Å²) in [4.78, 5) is 11.2. The molecule has 0 saturated heterocycles. The molecule has 0 aromatic heterocycles. The Morgan fingerprint density at radius 2 is 1.88 bits per heavy atom. The molecular formula is C19H22ClNO3. The van der Waals surface area contributed by atoms with Gasteiger partial charge in [-0.05, 0) is 56.0 Å². The number of aromatic carboxylic acids is 1. The molecule has 0 radical (unpaired) electrons. The molecule has 2 N–H and O–H groups in total. The molecule has 0 fully saturated rings. The number of benzene rings is 2. The summed E-state index contributed by atoms with van der Waals surface area (Å²) >= 11 is 5.84. The second-order valence-electron chi connectivity index (χ2n) is 5.70. The molecule has 0 atom stereocenters. The van der Waals surface area contributed by atoms with Gasteiger partial charge in [0, 0.05) is 17.3 Å². The Bertz CT molecular complexity index is 696. The molecule has 5 heteroatoms. The van der Waals surface area contributed by atoms with Crippen molar-refractivity contribution in [3.8, 4) is 5.75 Å². The quantitative estimate of drug-likeness (QED) is 0.665. The molecule has 0 amide bonds. The lowest BCUT2D eigenvalue weighted by Crippen LogP contribution is -2.09. The number of ether oxygens (including phenoxy) is 1. The molecule has 0 aliphatic heterocycles.